The molecule has 0 fully saturated rings. The van der Waals surface area contributed by atoms with Gasteiger partial charge in [-0.05, 0) is 12.1 Å². The van der Waals surface area contributed by atoms with Crippen molar-refractivity contribution in [2.24, 2.45) is 4.99 Å². The fourth-order valence-corrected chi connectivity index (χ4v) is 2.28. The topological polar surface area (TPSA) is 46.5 Å². The van der Waals surface area contributed by atoms with Gasteiger partial charge in [-0.2, -0.15) is 13.2 Å². The number of hydrogen-bond acceptors (Lipinski definition) is 4. The van der Waals surface area contributed by atoms with Gasteiger partial charge in [-0.3, -0.25) is 14.6 Å². The molecule has 3 nitrogen and oxygen atoms in total. The van der Waals surface area contributed by atoms with Crippen LogP contribution in [0.3, 0.4) is 0 Å². The van der Waals surface area contributed by atoms with Gasteiger partial charge < -0.3 is 0 Å². The van der Waals surface area contributed by atoms with Crippen LogP contribution in [0.1, 0.15) is 16.8 Å². The molecule has 0 amide bonds. The molecule has 1 aliphatic rings. The van der Waals surface area contributed by atoms with Crippen LogP contribution in [-0.4, -0.2) is 29.7 Å². The van der Waals surface area contributed by atoms with Gasteiger partial charge >= 0.3 is 6.18 Å². The minimum absolute atomic E-state index is 0.0657. The average molecular weight is 287 g/mol. The van der Waals surface area contributed by atoms with Gasteiger partial charge in [0.25, 0.3) is 0 Å². The second kappa shape index (κ2) is 5.16. The van der Waals surface area contributed by atoms with Crippen LogP contribution in [0.15, 0.2) is 28.1 Å². The number of alkyl halides is 3. The van der Waals surface area contributed by atoms with E-state index in [-0.39, 0.29) is 5.56 Å². The van der Waals surface area contributed by atoms with E-state index in [4.69, 9.17) is 0 Å². The number of fused-ring (bicyclic) bond motifs is 1. The molecule has 1 heterocycles. The molecular weight excluding hydrogens is 279 g/mol. The Hall–Kier alpha value is -1.63. The standard InChI is InChI=1S/C12H8F3NO2S/c13-12(14,15)11(18)6-9(17)7-1-2-10-8(5-7)16-3-4-19-10/h1-3,5H,4,6H2. The highest BCUT2D eigenvalue weighted by Crippen LogP contribution is 2.33. The molecule has 0 radical (unpaired) electrons. The Bertz CT molecular complexity index is 567. The summed E-state index contributed by atoms with van der Waals surface area (Å²) in [5.74, 6) is -2.17. The lowest BCUT2D eigenvalue weighted by Gasteiger charge is -2.10. The van der Waals surface area contributed by atoms with Gasteiger partial charge in [0.2, 0.25) is 5.78 Å². The first-order valence-electron chi connectivity index (χ1n) is 5.30. The van der Waals surface area contributed by atoms with Gasteiger partial charge in [0.1, 0.15) is 0 Å². The summed E-state index contributed by atoms with van der Waals surface area (Å²) in [5.41, 5.74) is 0.609. The molecule has 100 valence electrons. The molecule has 0 saturated carbocycles. The van der Waals surface area contributed by atoms with Crippen LogP contribution >= 0.6 is 11.8 Å². The monoisotopic (exact) mass is 287 g/mol. The van der Waals surface area contributed by atoms with Gasteiger partial charge in [0.05, 0.1) is 12.1 Å². The van der Waals surface area contributed by atoms with Crippen LogP contribution < -0.4 is 0 Å². The molecule has 1 aliphatic heterocycles. The molecule has 0 aliphatic carbocycles. The number of carbonyl (C=O) groups is 2. The van der Waals surface area contributed by atoms with Crippen molar-refractivity contribution in [2.75, 3.05) is 5.75 Å². The maximum absolute atomic E-state index is 12.1. The van der Waals surface area contributed by atoms with Crippen molar-refractivity contribution in [3.63, 3.8) is 0 Å². The van der Waals surface area contributed by atoms with Crippen LogP contribution in [0.2, 0.25) is 0 Å². The average Bonchev–Trinajstić information content (AvgIpc) is 2.37. The third-order valence-electron chi connectivity index (χ3n) is 2.46. The van der Waals surface area contributed by atoms with Crippen molar-refractivity contribution in [2.45, 2.75) is 17.5 Å². The summed E-state index contributed by atoms with van der Waals surface area (Å²) in [7, 11) is 0. The first-order valence-corrected chi connectivity index (χ1v) is 6.29. The number of Topliss-reactive ketones (excluding diaryl/α,β-unsaturated/α-hetero) is 2. The quantitative estimate of drug-likeness (QED) is 0.633. The lowest BCUT2D eigenvalue weighted by Crippen LogP contribution is -2.25. The fraction of sp³-hybridized carbons (Fsp3) is 0.250. The molecule has 19 heavy (non-hydrogen) atoms. The molecule has 0 unspecified atom stereocenters. The summed E-state index contributed by atoms with van der Waals surface area (Å²) in [6.45, 7) is 0. The van der Waals surface area contributed by atoms with Crippen molar-refractivity contribution >= 4 is 35.2 Å². The number of nitrogens with zero attached hydrogens (tertiary/aromatic N) is 1. The van der Waals surface area contributed by atoms with E-state index in [1.807, 2.05) is 0 Å². The van der Waals surface area contributed by atoms with Gasteiger partial charge in [0, 0.05) is 22.4 Å². The van der Waals surface area contributed by atoms with Crippen molar-refractivity contribution < 1.29 is 22.8 Å². The predicted molar refractivity (Wildman–Crippen MR) is 65.3 cm³/mol. The summed E-state index contributed by atoms with van der Waals surface area (Å²) in [6.07, 6.45) is -4.49. The summed E-state index contributed by atoms with van der Waals surface area (Å²) >= 11 is 1.52. The molecule has 7 heteroatoms. The van der Waals surface area contributed by atoms with E-state index >= 15 is 0 Å². The predicted octanol–water partition coefficient (Wildman–Crippen LogP) is 3.20. The zero-order chi connectivity index (χ0) is 14.0. The Morgan fingerprint density at radius 1 is 1.32 bits per heavy atom. The smallest absolute Gasteiger partial charge is 0.294 e. The van der Waals surface area contributed by atoms with Gasteiger partial charge in [-0.25, -0.2) is 0 Å². The molecule has 1 aromatic carbocycles. The van der Waals surface area contributed by atoms with Crippen molar-refractivity contribution in [1.82, 2.24) is 0 Å². The van der Waals surface area contributed by atoms with E-state index in [2.05, 4.69) is 4.99 Å². The fourth-order valence-electron chi connectivity index (χ4n) is 1.52. The molecular formula is C12H8F3NO2S. The lowest BCUT2D eigenvalue weighted by atomic mass is 10.1. The minimum atomic E-state index is -4.97. The normalized spacial score (nSPS) is 14.1. The number of halogens is 3. The number of rotatable bonds is 3. The Kier molecular flexibility index (Phi) is 3.75. The summed E-state index contributed by atoms with van der Waals surface area (Å²) in [6, 6.07) is 4.45. The first kappa shape index (κ1) is 13.8. The number of carbonyl (C=O) groups excluding carboxylic acids is 2. The van der Waals surface area contributed by atoms with Gasteiger partial charge in [-0.1, -0.05) is 6.07 Å². The maximum atomic E-state index is 12.1. The first-order chi connectivity index (χ1) is 8.88. The van der Waals surface area contributed by atoms with Crippen LogP contribution in [0.5, 0.6) is 0 Å². The summed E-state index contributed by atoms with van der Waals surface area (Å²) < 4.78 is 36.2. The van der Waals surface area contributed by atoms with E-state index in [0.717, 1.165) is 4.90 Å². The molecule has 1 aromatic rings. The largest absolute Gasteiger partial charge is 0.450 e. The zero-order valence-electron chi connectivity index (χ0n) is 9.53. The Morgan fingerprint density at radius 3 is 2.74 bits per heavy atom. The Morgan fingerprint density at radius 2 is 2.05 bits per heavy atom. The van der Waals surface area contributed by atoms with Crippen LogP contribution in [0.25, 0.3) is 0 Å². The highest BCUT2D eigenvalue weighted by Gasteiger charge is 2.39. The molecule has 0 spiro atoms. The van der Waals surface area contributed by atoms with Gasteiger partial charge in [0.15, 0.2) is 5.78 Å². The second-order valence-corrected chi connectivity index (χ2v) is 4.89. The van der Waals surface area contributed by atoms with E-state index < -0.39 is 24.2 Å². The summed E-state index contributed by atoms with van der Waals surface area (Å²) in [5, 5.41) is 0. The number of benzene rings is 1. The van der Waals surface area contributed by atoms with Crippen molar-refractivity contribution in [3.05, 3.63) is 23.8 Å². The lowest BCUT2D eigenvalue weighted by molar-refractivity contribution is -0.170. The van der Waals surface area contributed by atoms with E-state index in [9.17, 15) is 22.8 Å². The van der Waals surface area contributed by atoms with Crippen LogP contribution in [0.4, 0.5) is 18.9 Å². The third-order valence-corrected chi connectivity index (χ3v) is 3.43. The highest BCUT2D eigenvalue weighted by atomic mass is 32.2. The number of hydrogen-bond donors (Lipinski definition) is 0. The summed E-state index contributed by atoms with van der Waals surface area (Å²) in [4.78, 5) is 27.3. The maximum Gasteiger partial charge on any atom is 0.450 e. The SMILES string of the molecule is O=C(CC(=O)C(F)(F)F)c1ccc2c(c1)N=CCS2. The van der Waals surface area contributed by atoms with Crippen LogP contribution in [0, 0.1) is 0 Å². The second-order valence-electron chi connectivity index (χ2n) is 3.83. The molecule has 2 rings (SSSR count). The third kappa shape index (κ3) is 3.23. The number of aliphatic imine (C=N–C) groups is 1. The van der Waals surface area contributed by atoms with E-state index in [1.54, 1.807) is 12.3 Å². The number of thioether (sulfide) groups is 1. The van der Waals surface area contributed by atoms with E-state index in [1.165, 1.54) is 23.9 Å². The Labute approximate surface area is 110 Å². The van der Waals surface area contributed by atoms with E-state index in [0.29, 0.717) is 11.4 Å². The molecule has 0 atom stereocenters. The molecule has 0 N–H and O–H groups in total. The van der Waals surface area contributed by atoms with Gasteiger partial charge in [-0.15, -0.1) is 11.8 Å². The number of ketones is 2. The molecule has 0 saturated heterocycles. The Balaban J connectivity index is 2.17. The van der Waals surface area contributed by atoms with Crippen molar-refractivity contribution in [3.8, 4) is 0 Å². The minimum Gasteiger partial charge on any atom is -0.294 e. The molecule has 0 aromatic heterocycles. The van der Waals surface area contributed by atoms with Crippen molar-refractivity contribution in [1.29, 1.82) is 0 Å². The van der Waals surface area contributed by atoms with Crippen LogP contribution in [-0.2, 0) is 4.79 Å². The zero-order valence-corrected chi connectivity index (χ0v) is 10.3. The molecule has 0 bridgehead atoms. The highest BCUT2D eigenvalue weighted by molar-refractivity contribution is 8.00.